The van der Waals surface area contributed by atoms with Crippen LogP contribution >= 0.6 is 27.3 Å². The first-order chi connectivity index (χ1) is 14.5. The quantitative estimate of drug-likeness (QED) is 0.270. The molecule has 0 fully saturated rings. The molecule has 0 aliphatic heterocycles. The number of nitriles is 1. The third-order valence-electron chi connectivity index (χ3n) is 4.13. The van der Waals surface area contributed by atoms with E-state index < -0.39 is 11.9 Å². The summed E-state index contributed by atoms with van der Waals surface area (Å²) in [6, 6.07) is 18.5. The average Bonchev–Trinajstić information content (AvgIpc) is 3.17. The van der Waals surface area contributed by atoms with E-state index >= 15 is 0 Å². The lowest BCUT2D eigenvalue weighted by atomic mass is 10.0. The summed E-state index contributed by atoms with van der Waals surface area (Å²) in [5.41, 5.74) is 2.42. The number of hydrogen-bond acceptors (Lipinski definition) is 5. The fourth-order valence-corrected chi connectivity index (χ4v) is 3.95. The summed E-state index contributed by atoms with van der Waals surface area (Å²) >= 11 is 4.61. The fraction of sp³-hybridized carbons (Fsp3) is 0.0870. The molecule has 150 valence electrons. The van der Waals surface area contributed by atoms with Crippen LogP contribution in [0.1, 0.15) is 22.8 Å². The Hall–Kier alpha value is -3.21. The van der Waals surface area contributed by atoms with E-state index in [-0.39, 0.29) is 17.7 Å². The van der Waals surface area contributed by atoms with Crippen LogP contribution in [0.5, 0.6) is 0 Å². The van der Waals surface area contributed by atoms with Gasteiger partial charge < -0.3 is 10.1 Å². The van der Waals surface area contributed by atoms with Crippen molar-refractivity contribution >= 4 is 50.2 Å². The van der Waals surface area contributed by atoms with E-state index in [1.54, 1.807) is 24.4 Å². The molecule has 0 aliphatic rings. The van der Waals surface area contributed by atoms with E-state index in [1.165, 1.54) is 17.4 Å². The van der Waals surface area contributed by atoms with Gasteiger partial charge in [-0.15, -0.1) is 11.3 Å². The lowest BCUT2D eigenvalue weighted by Crippen LogP contribution is -2.16. The molecule has 0 unspecified atom stereocenters. The Kier molecular flexibility index (Phi) is 7.17. The van der Waals surface area contributed by atoms with Crippen molar-refractivity contribution in [2.24, 2.45) is 0 Å². The molecule has 0 spiro atoms. The molecule has 1 heterocycles. The predicted molar refractivity (Wildman–Crippen MR) is 122 cm³/mol. The largest absolute Gasteiger partial charge is 0.462 e. The number of thiophene rings is 1. The minimum atomic E-state index is -0.587. The second-order valence-corrected chi connectivity index (χ2v) is 7.91. The van der Waals surface area contributed by atoms with Crippen LogP contribution in [-0.4, -0.2) is 18.5 Å². The summed E-state index contributed by atoms with van der Waals surface area (Å²) in [6.07, 6.45) is 1.50. The van der Waals surface area contributed by atoms with Crippen LogP contribution in [0.2, 0.25) is 0 Å². The number of ether oxygens (including phenoxy) is 1. The van der Waals surface area contributed by atoms with E-state index in [1.807, 2.05) is 48.5 Å². The smallest absolute Gasteiger partial charge is 0.341 e. The molecule has 2 aromatic carbocycles. The Bertz CT molecular complexity index is 1130. The Morgan fingerprint density at radius 1 is 1.17 bits per heavy atom. The molecule has 1 amide bonds. The molecular formula is C23H17BrN2O3S. The lowest BCUT2D eigenvalue weighted by Gasteiger charge is -2.09. The van der Waals surface area contributed by atoms with Crippen LogP contribution in [0, 0.1) is 11.3 Å². The van der Waals surface area contributed by atoms with Crippen molar-refractivity contribution < 1.29 is 14.3 Å². The predicted octanol–water partition coefficient (Wildman–Crippen LogP) is 5.90. The van der Waals surface area contributed by atoms with Crippen molar-refractivity contribution in [2.75, 3.05) is 11.9 Å². The third kappa shape index (κ3) is 5.03. The molecule has 1 aromatic heterocycles. The van der Waals surface area contributed by atoms with Crippen molar-refractivity contribution in [2.45, 2.75) is 6.92 Å². The number of amides is 1. The van der Waals surface area contributed by atoms with Crippen LogP contribution in [0.4, 0.5) is 5.00 Å². The zero-order valence-corrected chi connectivity index (χ0v) is 18.4. The molecule has 7 heteroatoms. The van der Waals surface area contributed by atoms with Gasteiger partial charge in [0.1, 0.15) is 22.2 Å². The minimum absolute atomic E-state index is 0.0606. The number of carbonyl (C=O) groups is 2. The van der Waals surface area contributed by atoms with Crippen LogP contribution in [0.25, 0.3) is 17.2 Å². The molecule has 30 heavy (non-hydrogen) atoms. The van der Waals surface area contributed by atoms with E-state index in [9.17, 15) is 14.9 Å². The van der Waals surface area contributed by atoms with Gasteiger partial charge in [0.25, 0.3) is 5.91 Å². The molecule has 0 saturated carbocycles. The summed E-state index contributed by atoms with van der Waals surface area (Å²) < 4.78 is 6.12. The number of benzene rings is 2. The topological polar surface area (TPSA) is 79.2 Å². The molecule has 0 saturated heterocycles. The zero-order chi connectivity index (χ0) is 21.5. The number of nitrogens with one attached hydrogen (secondary N) is 1. The summed E-state index contributed by atoms with van der Waals surface area (Å²) in [4.78, 5) is 25.4. The number of hydrogen-bond donors (Lipinski definition) is 1. The van der Waals surface area contributed by atoms with Gasteiger partial charge in [-0.1, -0.05) is 58.4 Å². The Morgan fingerprint density at radius 3 is 2.50 bits per heavy atom. The molecule has 0 atom stereocenters. The van der Waals surface area contributed by atoms with E-state index in [4.69, 9.17) is 4.74 Å². The summed E-state index contributed by atoms with van der Waals surface area (Å²) in [5, 5.41) is 14.3. The zero-order valence-electron chi connectivity index (χ0n) is 16.0. The highest BCUT2D eigenvalue weighted by atomic mass is 79.9. The molecule has 3 rings (SSSR count). The molecule has 0 bridgehead atoms. The van der Waals surface area contributed by atoms with Crippen molar-refractivity contribution in [3.05, 3.63) is 81.2 Å². The maximum Gasteiger partial charge on any atom is 0.341 e. The maximum atomic E-state index is 12.7. The molecule has 3 aromatic rings. The van der Waals surface area contributed by atoms with Gasteiger partial charge in [0.05, 0.1) is 6.61 Å². The Morgan fingerprint density at radius 2 is 1.87 bits per heavy atom. The molecule has 0 radical (unpaired) electrons. The van der Waals surface area contributed by atoms with Crippen LogP contribution < -0.4 is 5.32 Å². The van der Waals surface area contributed by atoms with Crippen molar-refractivity contribution in [3.8, 4) is 17.2 Å². The van der Waals surface area contributed by atoms with Crippen LogP contribution in [0.3, 0.4) is 0 Å². The first-order valence-electron chi connectivity index (χ1n) is 9.06. The fourth-order valence-electron chi connectivity index (χ4n) is 2.73. The van der Waals surface area contributed by atoms with E-state index in [2.05, 4.69) is 21.2 Å². The summed E-state index contributed by atoms with van der Waals surface area (Å²) in [7, 11) is 0. The SMILES string of the molecule is CCOC(=O)c1c(-c2ccc(Br)cc2)csc1NC(=O)/C(C#N)=C/c1ccccc1. The first kappa shape index (κ1) is 21.5. The molecule has 0 aliphatic carbocycles. The van der Waals surface area contributed by atoms with Gasteiger partial charge in [0.15, 0.2) is 0 Å². The van der Waals surface area contributed by atoms with Gasteiger partial charge in [-0.2, -0.15) is 5.26 Å². The second-order valence-electron chi connectivity index (χ2n) is 6.12. The van der Waals surface area contributed by atoms with E-state index in [0.29, 0.717) is 10.6 Å². The summed E-state index contributed by atoms with van der Waals surface area (Å²) in [6.45, 7) is 1.93. The molecule has 5 nitrogen and oxygen atoms in total. The number of halogens is 1. The number of nitrogens with zero attached hydrogens (tertiary/aromatic N) is 1. The average molecular weight is 481 g/mol. The Labute approximate surface area is 186 Å². The second kappa shape index (κ2) is 10.0. The Balaban J connectivity index is 1.96. The minimum Gasteiger partial charge on any atom is -0.462 e. The van der Waals surface area contributed by atoms with Gasteiger partial charge >= 0.3 is 5.97 Å². The van der Waals surface area contributed by atoms with Gasteiger partial charge in [0, 0.05) is 15.4 Å². The maximum absolute atomic E-state index is 12.7. The van der Waals surface area contributed by atoms with Gasteiger partial charge in [-0.3, -0.25) is 4.79 Å². The number of carbonyl (C=O) groups excluding carboxylic acids is 2. The van der Waals surface area contributed by atoms with Crippen LogP contribution in [-0.2, 0) is 9.53 Å². The standard InChI is InChI=1S/C23H17BrN2O3S/c1-2-29-23(28)20-19(16-8-10-18(24)11-9-16)14-30-22(20)26-21(27)17(13-25)12-15-6-4-3-5-7-15/h3-12,14H,2H2,1H3,(H,26,27)/b17-12+. The highest BCUT2D eigenvalue weighted by Gasteiger charge is 2.23. The van der Waals surface area contributed by atoms with E-state index in [0.717, 1.165) is 15.6 Å². The monoisotopic (exact) mass is 480 g/mol. The van der Waals surface area contributed by atoms with Gasteiger partial charge in [-0.25, -0.2) is 4.79 Å². The summed E-state index contributed by atoms with van der Waals surface area (Å²) in [5.74, 6) is -1.12. The van der Waals surface area contributed by atoms with Gasteiger partial charge in [0.2, 0.25) is 0 Å². The number of esters is 1. The van der Waals surface area contributed by atoms with Crippen molar-refractivity contribution in [1.29, 1.82) is 5.26 Å². The first-order valence-corrected chi connectivity index (χ1v) is 10.7. The number of rotatable bonds is 6. The van der Waals surface area contributed by atoms with Gasteiger partial charge in [-0.05, 0) is 36.3 Å². The number of anilines is 1. The third-order valence-corrected chi connectivity index (χ3v) is 5.55. The molecular weight excluding hydrogens is 464 g/mol. The lowest BCUT2D eigenvalue weighted by molar-refractivity contribution is -0.112. The van der Waals surface area contributed by atoms with Crippen molar-refractivity contribution in [1.82, 2.24) is 0 Å². The van der Waals surface area contributed by atoms with Crippen LogP contribution in [0.15, 0.2) is 70.0 Å². The highest BCUT2D eigenvalue weighted by molar-refractivity contribution is 9.10. The van der Waals surface area contributed by atoms with Crippen molar-refractivity contribution in [3.63, 3.8) is 0 Å². The molecule has 1 N–H and O–H groups in total. The normalized spacial score (nSPS) is 10.9. The highest BCUT2D eigenvalue weighted by Crippen LogP contribution is 2.37.